The summed E-state index contributed by atoms with van der Waals surface area (Å²) < 4.78 is 0. The lowest BCUT2D eigenvalue weighted by molar-refractivity contribution is -0.141. The third kappa shape index (κ3) is 3.75. The Morgan fingerprint density at radius 3 is 2.10 bits per heavy atom. The van der Waals surface area contributed by atoms with Crippen LogP contribution in [0.2, 0.25) is 10.0 Å². The molecule has 0 saturated heterocycles. The van der Waals surface area contributed by atoms with Crippen molar-refractivity contribution in [2.45, 2.75) is 12.8 Å². The molecule has 0 aromatic heterocycles. The summed E-state index contributed by atoms with van der Waals surface area (Å²) in [6.07, 6.45) is 0.778. The van der Waals surface area contributed by atoms with Gasteiger partial charge in [0.25, 0.3) is 0 Å². The average Bonchev–Trinajstić information content (AvgIpc) is 2.42. The lowest BCUT2D eigenvalue weighted by atomic mass is 9.92. The van der Waals surface area contributed by atoms with E-state index in [9.17, 15) is 9.90 Å². The average molecular weight is 309 g/mol. The van der Waals surface area contributed by atoms with Gasteiger partial charge >= 0.3 is 5.97 Å². The molecule has 2 aromatic rings. The van der Waals surface area contributed by atoms with E-state index in [0.717, 1.165) is 5.56 Å². The Kier molecular flexibility index (Phi) is 5.05. The highest BCUT2D eigenvalue weighted by Crippen LogP contribution is 2.28. The Labute approximate surface area is 128 Å². The van der Waals surface area contributed by atoms with Gasteiger partial charge in [0.05, 0.1) is 5.92 Å². The maximum absolute atomic E-state index is 11.4. The number of aliphatic carboxylic acids is 1. The van der Waals surface area contributed by atoms with Gasteiger partial charge in [0, 0.05) is 10.0 Å². The van der Waals surface area contributed by atoms with Gasteiger partial charge in [-0.3, -0.25) is 4.79 Å². The molecule has 20 heavy (non-hydrogen) atoms. The lowest BCUT2D eigenvalue weighted by Crippen LogP contribution is -2.19. The molecule has 0 aliphatic rings. The van der Waals surface area contributed by atoms with Gasteiger partial charge in [-0.05, 0) is 36.1 Å². The second-order valence-electron chi connectivity index (χ2n) is 4.63. The van der Waals surface area contributed by atoms with Crippen molar-refractivity contribution in [1.82, 2.24) is 0 Å². The minimum absolute atomic E-state index is 0.322. The minimum Gasteiger partial charge on any atom is -0.481 e. The van der Waals surface area contributed by atoms with Crippen molar-refractivity contribution in [3.8, 4) is 0 Å². The molecular formula is C16H14Cl2O2. The summed E-state index contributed by atoms with van der Waals surface area (Å²) in [6.45, 7) is 0. The van der Waals surface area contributed by atoms with E-state index in [1.165, 1.54) is 0 Å². The fraction of sp³-hybridized carbons (Fsp3) is 0.188. The molecule has 0 amide bonds. The number of halogens is 2. The Balaban J connectivity index is 2.20. The molecule has 2 nitrogen and oxygen atoms in total. The van der Waals surface area contributed by atoms with Gasteiger partial charge in [-0.25, -0.2) is 0 Å². The fourth-order valence-electron chi connectivity index (χ4n) is 2.12. The van der Waals surface area contributed by atoms with E-state index in [2.05, 4.69) is 0 Å². The van der Waals surface area contributed by atoms with Crippen LogP contribution < -0.4 is 0 Å². The molecule has 0 radical (unpaired) electrons. The third-order valence-electron chi connectivity index (χ3n) is 3.19. The van der Waals surface area contributed by atoms with Crippen LogP contribution in [-0.2, 0) is 17.6 Å². The number of rotatable bonds is 5. The highest BCUT2D eigenvalue weighted by molar-refractivity contribution is 6.36. The zero-order valence-electron chi connectivity index (χ0n) is 10.7. The summed E-state index contributed by atoms with van der Waals surface area (Å²) in [6, 6.07) is 14.8. The highest BCUT2D eigenvalue weighted by atomic mass is 35.5. The van der Waals surface area contributed by atoms with E-state index in [1.54, 1.807) is 18.2 Å². The molecule has 104 valence electrons. The van der Waals surface area contributed by atoms with E-state index < -0.39 is 11.9 Å². The SMILES string of the molecule is O=C(O)C(Cc1ccccc1)Cc1c(Cl)cccc1Cl. The van der Waals surface area contributed by atoms with Crippen molar-refractivity contribution < 1.29 is 9.90 Å². The predicted octanol–water partition coefficient (Wildman–Crippen LogP) is 4.48. The first-order valence-electron chi connectivity index (χ1n) is 6.27. The Bertz CT molecular complexity index is 576. The van der Waals surface area contributed by atoms with Crippen LogP contribution >= 0.6 is 23.2 Å². The molecule has 0 fully saturated rings. The van der Waals surface area contributed by atoms with Gasteiger partial charge in [0.1, 0.15) is 0 Å². The van der Waals surface area contributed by atoms with Crippen molar-refractivity contribution in [3.63, 3.8) is 0 Å². The van der Waals surface area contributed by atoms with E-state index in [4.69, 9.17) is 23.2 Å². The quantitative estimate of drug-likeness (QED) is 0.884. The van der Waals surface area contributed by atoms with Crippen molar-refractivity contribution in [1.29, 1.82) is 0 Å². The summed E-state index contributed by atoms with van der Waals surface area (Å²) >= 11 is 12.2. The number of hydrogen-bond donors (Lipinski definition) is 1. The van der Waals surface area contributed by atoms with Crippen LogP contribution in [0.1, 0.15) is 11.1 Å². The third-order valence-corrected chi connectivity index (χ3v) is 3.89. The van der Waals surface area contributed by atoms with Crippen molar-refractivity contribution in [2.24, 2.45) is 5.92 Å². The first kappa shape index (κ1) is 14.9. The number of carboxylic acid groups (broad SMARTS) is 1. The van der Waals surface area contributed by atoms with Crippen molar-refractivity contribution in [2.75, 3.05) is 0 Å². The molecule has 0 bridgehead atoms. The molecule has 4 heteroatoms. The van der Waals surface area contributed by atoms with Crippen LogP contribution in [-0.4, -0.2) is 11.1 Å². The van der Waals surface area contributed by atoms with Gasteiger partial charge in [0.15, 0.2) is 0 Å². The molecule has 2 aromatic carbocycles. The first-order chi connectivity index (χ1) is 9.58. The Hall–Kier alpha value is -1.51. The molecule has 1 unspecified atom stereocenters. The number of carboxylic acids is 1. The monoisotopic (exact) mass is 308 g/mol. The predicted molar refractivity (Wildman–Crippen MR) is 81.4 cm³/mol. The Morgan fingerprint density at radius 1 is 0.950 bits per heavy atom. The molecule has 1 atom stereocenters. The second-order valence-corrected chi connectivity index (χ2v) is 5.44. The van der Waals surface area contributed by atoms with E-state index in [-0.39, 0.29) is 0 Å². The molecule has 0 spiro atoms. The maximum Gasteiger partial charge on any atom is 0.307 e. The van der Waals surface area contributed by atoms with Crippen LogP contribution in [0.3, 0.4) is 0 Å². The number of benzene rings is 2. The van der Waals surface area contributed by atoms with Crippen LogP contribution in [0.4, 0.5) is 0 Å². The zero-order valence-corrected chi connectivity index (χ0v) is 12.2. The smallest absolute Gasteiger partial charge is 0.307 e. The van der Waals surface area contributed by atoms with Crippen LogP contribution in [0.25, 0.3) is 0 Å². The standard InChI is InChI=1S/C16H14Cl2O2/c17-14-7-4-8-15(18)13(14)10-12(16(19)20)9-11-5-2-1-3-6-11/h1-8,12H,9-10H2,(H,19,20). The summed E-state index contributed by atoms with van der Waals surface area (Å²) in [5.41, 5.74) is 1.68. The summed E-state index contributed by atoms with van der Waals surface area (Å²) in [5.74, 6) is -1.39. The van der Waals surface area contributed by atoms with Crippen LogP contribution in [0, 0.1) is 5.92 Å². The van der Waals surface area contributed by atoms with E-state index in [1.807, 2.05) is 30.3 Å². The Morgan fingerprint density at radius 2 is 1.55 bits per heavy atom. The van der Waals surface area contributed by atoms with Gasteiger partial charge in [0.2, 0.25) is 0 Å². The topological polar surface area (TPSA) is 37.3 Å². The van der Waals surface area contributed by atoms with E-state index >= 15 is 0 Å². The number of carbonyl (C=O) groups is 1. The molecule has 0 aliphatic heterocycles. The zero-order chi connectivity index (χ0) is 14.5. The molecule has 1 N–H and O–H groups in total. The van der Waals surface area contributed by atoms with Crippen molar-refractivity contribution in [3.05, 3.63) is 69.7 Å². The largest absolute Gasteiger partial charge is 0.481 e. The maximum atomic E-state index is 11.4. The normalized spacial score (nSPS) is 12.1. The van der Waals surface area contributed by atoms with E-state index in [0.29, 0.717) is 28.5 Å². The molecule has 2 rings (SSSR count). The van der Waals surface area contributed by atoms with Crippen LogP contribution in [0.15, 0.2) is 48.5 Å². The molecular weight excluding hydrogens is 295 g/mol. The van der Waals surface area contributed by atoms with Gasteiger partial charge in [-0.2, -0.15) is 0 Å². The summed E-state index contributed by atoms with van der Waals surface area (Å²) in [4.78, 5) is 11.4. The second kappa shape index (κ2) is 6.78. The molecule has 0 heterocycles. The van der Waals surface area contributed by atoms with Gasteiger partial charge < -0.3 is 5.11 Å². The minimum atomic E-state index is -0.843. The fourth-order valence-corrected chi connectivity index (χ4v) is 2.67. The molecule has 0 saturated carbocycles. The van der Waals surface area contributed by atoms with Gasteiger partial charge in [-0.15, -0.1) is 0 Å². The highest BCUT2D eigenvalue weighted by Gasteiger charge is 2.21. The molecule has 0 aliphatic carbocycles. The summed E-state index contributed by atoms with van der Waals surface area (Å²) in [7, 11) is 0. The summed E-state index contributed by atoms with van der Waals surface area (Å²) in [5, 5.41) is 10.4. The van der Waals surface area contributed by atoms with Crippen LogP contribution in [0.5, 0.6) is 0 Å². The number of hydrogen-bond acceptors (Lipinski definition) is 1. The van der Waals surface area contributed by atoms with Gasteiger partial charge in [-0.1, -0.05) is 59.6 Å². The first-order valence-corrected chi connectivity index (χ1v) is 7.03. The van der Waals surface area contributed by atoms with Crippen molar-refractivity contribution >= 4 is 29.2 Å². The lowest BCUT2D eigenvalue weighted by Gasteiger charge is -2.14.